The average Bonchev–Trinajstić information content (AvgIpc) is 2.52. The highest BCUT2D eigenvalue weighted by molar-refractivity contribution is 7.89. The highest BCUT2D eigenvalue weighted by Crippen LogP contribution is 2.29. The van der Waals surface area contributed by atoms with Gasteiger partial charge in [0.2, 0.25) is 10.0 Å². The van der Waals surface area contributed by atoms with Gasteiger partial charge in [-0.25, -0.2) is 17.5 Å². The third-order valence-corrected chi connectivity index (χ3v) is 6.58. The predicted molar refractivity (Wildman–Crippen MR) is 95.3 cm³/mol. The molecule has 1 N–H and O–H groups in total. The predicted octanol–water partition coefficient (Wildman–Crippen LogP) is 4.15. The minimum Gasteiger partial charge on any atom is -0.207 e. The van der Waals surface area contributed by atoms with Crippen LogP contribution >= 0.6 is 0 Å². The van der Waals surface area contributed by atoms with E-state index >= 15 is 0 Å². The van der Waals surface area contributed by atoms with Crippen molar-refractivity contribution in [3.05, 3.63) is 63.0 Å². The SMILES string of the molecule is Cc1ccc(CNS(=O)(=O)c2c(C)c(C)c(C)c(C)c2C)cc1F. The topological polar surface area (TPSA) is 46.2 Å². The van der Waals surface area contributed by atoms with Crippen molar-refractivity contribution in [2.24, 2.45) is 0 Å². The van der Waals surface area contributed by atoms with Crippen LogP contribution in [0.2, 0.25) is 0 Å². The zero-order valence-electron chi connectivity index (χ0n) is 15.0. The second-order valence-corrected chi connectivity index (χ2v) is 8.07. The monoisotopic (exact) mass is 349 g/mol. The van der Waals surface area contributed by atoms with Gasteiger partial charge in [0, 0.05) is 6.54 Å². The second-order valence-electron chi connectivity index (χ2n) is 6.36. The van der Waals surface area contributed by atoms with Crippen molar-refractivity contribution in [1.82, 2.24) is 4.72 Å². The molecule has 0 unspecified atom stereocenters. The fourth-order valence-electron chi connectivity index (χ4n) is 2.87. The Morgan fingerprint density at radius 1 is 0.875 bits per heavy atom. The van der Waals surface area contributed by atoms with E-state index in [1.165, 1.54) is 6.07 Å². The van der Waals surface area contributed by atoms with Gasteiger partial charge in [0.05, 0.1) is 4.90 Å². The average molecular weight is 349 g/mol. The maximum atomic E-state index is 13.6. The Bertz CT molecular complexity index is 873. The molecule has 2 aromatic rings. The van der Waals surface area contributed by atoms with Crippen molar-refractivity contribution in [3.63, 3.8) is 0 Å². The zero-order chi connectivity index (χ0) is 18.2. The van der Waals surface area contributed by atoms with Gasteiger partial charge in [-0.1, -0.05) is 12.1 Å². The first-order valence-corrected chi connectivity index (χ1v) is 9.36. The van der Waals surface area contributed by atoms with Crippen molar-refractivity contribution >= 4 is 10.0 Å². The van der Waals surface area contributed by atoms with E-state index in [0.29, 0.717) is 16.0 Å². The van der Waals surface area contributed by atoms with Crippen LogP contribution in [-0.2, 0) is 16.6 Å². The molecule has 5 heteroatoms. The van der Waals surface area contributed by atoms with Crippen LogP contribution in [0.4, 0.5) is 4.39 Å². The van der Waals surface area contributed by atoms with Gasteiger partial charge in [0.25, 0.3) is 0 Å². The van der Waals surface area contributed by atoms with Gasteiger partial charge in [-0.3, -0.25) is 0 Å². The van der Waals surface area contributed by atoms with Gasteiger partial charge in [0.15, 0.2) is 0 Å². The number of nitrogens with one attached hydrogen (secondary N) is 1. The van der Waals surface area contributed by atoms with E-state index in [1.807, 2.05) is 34.6 Å². The van der Waals surface area contributed by atoms with Crippen molar-refractivity contribution in [2.45, 2.75) is 53.0 Å². The van der Waals surface area contributed by atoms with Crippen LogP contribution in [0.25, 0.3) is 0 Å². The molecular weight excluding hydrogens is 325 g/mol. The van der Waals surface area contributed by atoms with E-state index in [2.05, 4.69) is 4.72 Å². The summed E-state index contributed by atoms with van der Waals surface area (Å²) in [6.07, 6.45) is 0. The fraction of sp³-hybridized carbons (Fsp3) is 0.368. The van der Waals surface area contributed by atoms with Crippen LogP contribution < -0.4 is 4.72 Å². The Morgan fingerprint density at radius 2 is 1.38 bits per heavy atom. The van der Waals surface area contributed by atoms with Gasteiger partial charge in [-0.2, -0.15) is 0 Å². The fourth-order valence-corrected chi connectivity index (χ4v) is 4.48. The van der Waals surface area contributed by atoms with E-state index < -0.39 is 10.0 Å². The quantitative estimate of drug-likeness (QED) is 0.901. The molecule has 0 spiro atoms. The molecule has 0 radical (unpaired) electrons. The molecule has 2 aromatic carbocycles. The highest BCUT2D eigenvalue weighted by Gasteiger charge is 2.23. The first-order valence-electron chi connectivity index (χ1n) is 7.88. The normalized spacial score (nSPS) is 11.8. The van der Waals surface area contributed by atoms with Crippen LogP contribution in [0.5, 0.6) is 0 Å². The first-order chi connectivity index (χ1) is 11.1. The molecule has 0 aromatic heterocycles. The Balaban J connectivity index is 2.39. The molecule has 0 fully saturated rings. The summed E-state index contributed by atoms with van der Waals surface area (Å²) in [6.45, 7) is 11.3. The third-order valence-electron chi connectivity index (χ3n) is 4.90. The lowest BCUT2D eigenvalue weighted by atomic mass is 9.95. The molecule has 0 heterocycles. The summed E-state index contributed by atoms with van der Waals surface area (Å²) in [4.78, 5) is 0.329. The van der Waals surface area contributed by atoms with Gasteiger partial charge in [-0.15, -0.1) is 0 Å². The summed E-state index contributed by atoms with van der Waals surface area (Å²) in [6, 6.07) is 4.74. The van der Waals surface area contributed by atoms with Crippen LogP contribution in [0.15, 0.2) is 23.1 Å². The van der Waals surface area contributed by atoms with Crippen molar-refractivity contribution in [1.29, 1.82) is 0 Å². The van der Waals surface area contributed by atoms with Crippen LogP contribution in [-0.4, -0.2) is 8.42 Å². The summed E-state index contributed by atoms with van der Waals surface area (Å²) < 4.78 is 41.8. The number of rotatable bonds is 4. The molecular formula is C19H24FNO2S. The van der Waals surface area contributed by atoms with E-state index in [4.69, 9.17) is 0 Å². The molecule has 0 aliphatic heterocycles. The summed E-state index contributed by atoms with van der Waals surface area (Å²) in [5, 5.41) is 0. The summed E-state index contributed by atoms with van der Waals surface area (Å²) in [5.41, 5.74) is 5.75. The van der Waals surface area contributed by atoms with E-state index in [1.54, 1.807) is 19.1 Å². The van der Waals surface area contributed by atoms with E-state index in [0.717, 1.165) is 27.8 Å². The molecule has 0 saturated heterocycles. The number of halogens is 1. The maximum absolute atomic E-state index is 13.6. The van der Waals surface area contributed by atoms with Crippen LogP contribution in [0.1, 0.15) is 38.9 Å². The van der Waals surface area contributed by atoms with Gasteiger partial charge in [0.1, 0.15) is 5.82 Å². The summed E-state index contributed by atoms with van der Waals surface area (Å²) >= 11 is 0. The minimum atomic E-state index is -3.68. The summed E-state index contributed by atoms with van der Waals surface area (Å²) in [5.74, 6) is -0.332. The lowest BCUT2D eigenvalue weighted by Crippen LogP contribution is -2.25. The Morgan fingerprint density at radius 3 is 1.88 bits per heavy atom. The smallest absolute Gasteiger partial charge is 0.207 e. The number of benzene rings is 2. The molecule has 0 amide bonds. The van der Waals surface area contributed by atoms with Crippen molar-refractivity contribution in [3.8, 4) is 0 Å². The molecule has 3 nitrogen and oxygen atoms in total. The summed E-state index contributed by atoms with van der Waals surface area (Å²) in [7, 11) is -3.68. The Kier molecular flexibility index (Phi) is 5.16. The molecule has 0 aliphatic carbocycles. The first kappa shape index (κ1) is 18.6. The number of hydrogen-bond acceptors (Lipinski definition) is 2. The molecule has 2 rings (SSSR count). The maximum Gasteiger partial charge on any atom is 0.241 e. The highest BCUT2D eigenvalue weighted by atomic mass is 32.2. The molecule has 0 bridgehead atoms. The Labute approximate surface area is 144 Å². The van der Waals surface area contributed by atoms with Gasteiger partial charge < -0.3 is 0 Å². The van der Waals surface area contributed by atoms with Gasteiger partial charge in [-0.05, 0) is 86.6 Å². The van der Waals surface area contributed by atoms with E-state index in [9.17, 15) is 12.8 Å². The minimum absolute atomic E-state index is 0.0599. The van der Waals surface area contributed by atoms with Crippen molar-refractivity contribution in [2.75, 3.05) is 0 Å². The van der Waals surface area contributed by atoms with Crippen LogP contribution in [0, 0.1) is 47.4 Å². The van der Waals surface area contributed by atoms with E-state index in [-0.39, 0.29) is 12.4 Å². The van der Waals surface area contributed by atoms with Crippen molar-refractivity contribution < 1.29 is 12.8 Å². The van der Waals surface area contributed by atoms with Crippen LogP contribution in [0.3, 0.4) is 0 Å². The molecule has 0 atom stereocenters. The number of aryl methyl sites for hydroxylation is 1. The third kappa shape index (κ3) is 3.37. The lowest BCUT2D eigenvalue weighted by Gasteiger charge is -2.19. The molecule has 0 aliphatic rings. The molecule has 24 heavy (non-hydrogen) atoms. The number of sulfonamides is 1. The zero-order valence-corrected chi connectivity index (χ0v) is 15.9. The molecule has 130 valence electrons. The molecule has 0 saturated carbocycles. The second kappa shape index (κ2) is 6.65. The number of hydrogen-bond donors (Lipinski definition) is 1. The van der Waals surface area contributed by atoms with Gasteiger partial charge >= 0.3 is 0 Å². The standard InChI is InChI=1S/C19H24FNO2S/c1-11-7-8-17(9-18(11)20)10-21-24(22,23)19-15(5)13(3)12(2)14(4)16(19)6/h7-9,21H,10H2,1-6H3. The Hall–Kier alpha value is -1.72. The largest absolute Gasteiger partial charge is 0.241 e. The lowest BCUT2D eigenvalue weighted by molar-refractivity contribution is 0.578.